The molecule has 2 saturated heterocycles. The molecule has 20 heavy (non-hydrogen) atoms. The normalized spacial score (nSPS) is 33.1. The molecule has 2 aliphatic rings. The summed E-state index contributed by atoms with van der Waals surface area (Å²) in [6.07, 6.45) is 2.67. The smallest absolute Gasteiger partial charge is 0.338 e. The minimum absolute atomic E-state index is 0.0337. The fourth-order valence-electron chi connectivity index (χ4n) is 3.60. The third-order valence-electron chi connectivity index (χ3n) is 4.81. The first kappa shape index (κ1) is 13.6. The van der Waals surface area contributed by atoms with E-state index in [1.54, 1.807) is 12.1 Å². The average Bonchev–Trinajstić information content (AvgIpc) is 2.72. The van der Waals surface area contributed by atoms with E-state index in [1.165, 1.54) is 0 Å². The quantitative estimate of drug-likeness (QED) is 0.853. The number of carbonyl (C=O) groups is 1. The SMILES string of the molecule is CN1C2CCC1[C@@H](COC(=O)c1ccccc1)[C@@H](O)C2. The van der Waals surface area contributed by atoms with E-state index in [0.717, 1.165) is 19.3 Å². The molecule has 3 rings (SSSR count). The van der Waals surface area contributed by atoms with Crippen molar-refractivity contribution in [1.29, 1.82) is 0 Å². The Labute approximate surface area is 119 Å². The fourth-order valence-corrected chi connectivity index (χ4v) is 3.60. The monoisotopic (exact) mass is 275 g/mol. The Kier molecular flexibility index (Phi) is 3.76. The molecule has 4 heteroatoms. The molecule has 4 nitrogen and oxygen atoms in total. The van der Waals surface area contributed by atoms with E-state index in [2.05, 4.69) is 11.9 Å². The first-order valence-corrected chi connectivity index (χ1v) is 7.29. The van der Waals surface area contributed by atoms with Crippen molar-refractivity contribution in [2.24, 2.45) is 5.92 Å². The van der Waals surface area contributed by atoms with E-state index in [9.17, 15) is 9.90 Å². The number of piperidine rings is 1. The Morgan fingerprint density at radius 1 is 1.35 bits per heavy atom. The summed E-state index contributed by atoms with van der Waals surface area (Å²) in [6, 6.07) is 9.84. The van der Waals surface area contributed by atoms with Crippen molar-refractivity contribution in [3.63, 3.8) is 0 Å². The summed E-state index contributed by atoms with van der Waals surface area (Å²) >= 11 is 0. The lowest BCUT2D eigenvalue weighted by atomic mass is 9.88. The van der Waals surface area contributed by atoms with Crippen molar-refractivity contribution in [3.05, 3.63) is 35.9 Å². The topological polar surface area (TPSA) is 49.8 Å². The van der Waals surface area contributed by atoms with Gasteiger partial charge in [0.25, 0.3) is 0 Å². The second-order valence-electron chi connectivity index (χ2n) is 5.90. The van der Waals surface area contributed by atoms with Crippen LogP contribution in [-0.4, -0.2) is 47.8 Å². The van der Waals surface area contributed by atoms with Crippen molar-refractivity contribution >= 4 is 5.97 Å². The first-order valence-electron chi connectivity index (χ1n) is 7.29. The Bertz CT molecular complexity index is 476. The van der Waals surface area contributed by atoms with Crippen molar-refractivity contribution in [2.45, 2.75) is 37.5 Å². The highest BCUT2D eigenvalue weighted by Crippen LogP contribution is 2.38. The van der Waals surface area contributed by atoms with E-state index in [1.807, 2.05) is 18.2 Å². The summed E-state index contributed by atoms with van der Waals surface area (Å²) in [5.41, 5.74) is 0.565. The number of benzene rings is 1. The molecule has 0 spiro atoms. The maximum Gasteiger partial charge on any atom is 0.338 e. The van der Waals surface area contributed by atoms with Crippen LogP contribution in [0.1, 0.15) is 29.6 Å². The van der Waals surface area contributed by atoms with Crippen molar-refractivity contribution in [3.8, 4) is 0 Å². The van der Waals surface area contributed by atoms with E-state index >= 15 is 0 Å². The molecule has 0 aromatic heterocycles. The Morgan fingerprint density at radius 3 is 2.85 bits per heavy atom. The van der Waals surface area contributed by atoms with Gasteiger partial charge in [0.15, 0.2) is 0 Å². The summed E-state index contributed by atoms with van der Waals surface area (Å²) in [7, 11) is 2.11. The second-order valence-corrected chi connectivity index (χ2v) is 5.90. The molecule has 0 aliphatic carbocycles. The van der Waals surface area contributed by atoms with Gasteiger partial charge in [0.05, 0.1) is 18.3 Å². The number of nitrogens with zero attached hydrogens (tertiary/aromatic N) is 1. The molecule has 108 valence electrons. The highest BCUT2D eigenvalue weighted by atomic mass is 16.5. The van der Waals surface area contributed by atoms with Gasteiger partial charge in [0.2, 0.25) is 0 Å². The summed E-state index contributed by atoms with van der Waals surface area (Å²) in [4.78, 5) is 14.3. The van der Waals surface area contributed by atoms with Crippen LogP contribution >= 0.6 is 0 Å². The molecule has 4 atom stereocenters. The molecule has 2 bridgehead atoms. The molecular formula is C16H21NO3. The Hall–Kier alpha value is -1.39. The Morgan fingerprint density at radius 2 is 2.10 bits per heavy atom. The molecule has 0 amide bonds. The van der Waals surface area contributed by atoms with Gasteiger partial charge in [-0.25, -0.2) is 4.79 Å². The van der Waals surface area contributed by atoms with Crippen molar-refractivity contribution in [2.75, 3.05) is 13.7 Å². The lowest BCUT2D eigenvalue weighted by Gasteiger charge is -2.40. The van der Waals surface area contributed by atoms with Crippen molar-refractivity contribution < 1.29 is 14.6 Å². The lowest BCUT2D eigenvalue weighted by molar-refractivity contribution is -0.0382. The number of ether oxygens (including phenoxy) is 1. The van der Waals surface area contributed by atoms with Crippen LogP contribution in [-0.2, 0) is 4.74 Å². The highest BCUT2D eigenvalue weighted by Gasteiger charge is 2.45. The summed E-state index contributed by atoms with van der Waals surface area (Å²) in [5, 5.41) is 10.2. The molecule has 2 fully saturated rings. The van der Waals surface area contributed by atoms with Crippen LogP contribution in [0.3, 0.4) is 0 Å². The number of hydrogen-bond donors (Lipinski definition) is 1. The number of fused-ring (bicyclic) bond motifs is 2. The molecule has 2 heterocycles. The zero-order valence-electron chi connectivity index (χ0n) is 11.7. The van der Waals surface area contributed by atoms with Crippen LogP contribution in [0.15, 0.2) is 30.3 Å². The fraction of sp³-hybridized carbons (Fsp3) is 0.562. The second kappa shape index (κ2) is 5.54. The van der Waals surface area contributed by atoms with E-state index in [4.69, 9.17) is 4.74 Å². The van der Waals surface area contributed by atoms with E-state index < -0.39 is 0 Å². The number of rotatable bonds is 3. The molecule has 0 radical (unpaired) electrons. The van der Waals surface area contributed by atoms with Gasteiger partial charge in [-0.2, -0.15) is 0 Å². The van der Waals surface area contributed by atoms with Gasteiger partial charge >= 0.3 is 5.97 Å². The van der Waals surface area contributed by atoms with E-state index in [0.29, 0.717) is 24.3 Å². The van der Waals surface area contributed by atoms with Crippen LogP contribution in [0.5, 0.6) is 0 Å². The van der Waals surface area contributed by atoms with Gasteiger partial charge in [0, 0.05) is 18.0 Å². The van der Waals surface area contributed by atoms with Crippen LogP contribution in [0.4, 0.5) is 0 Å². The highest BCUT2D eigenvalue weighted by molar-refractivity contribution is 5.89. The molecule has 2 aliphatic heterocycles. The lowest BCUT2D eigenvalue weighted by Crippen LogP contribution is -2.50. The number of hydrogen-bond acceptors (Lipinski definition) is 4. The Balaban J connectivity index is 1.62. The van der Waals surface area contributed by atoms with Gasteiger partial charge in [-0.3, -0.25) is 4.90 Å². The van der Waals surface area contributed by atoms with E-state index in [-0.39, 0.29) is 18.0 Å². The molecule has 0 saturated carbocycles. The largest absolute Gasteiger partial charge is 0.462 e. The number of aliphatic hydroxyl groups is 1. The van der Waals surface area contributed by atoms with Crippen LogP contribution in [0.2, 0.25) is 0 Å². The first-order chi connectivity index (χ1) is 9.66. The van der Waals surface area contributed by atoms with Gasteiger partial charge in [-0.05, 0) is 38.4 Å². The number of aliphatic hydroxyl groups excluding tert-OH is 1. The molecule has 1 N–H and O–H groups in total. The predicted molar refractivity (Wildman–Crippen MR) is 75.4 cm³/mol. The minimum Gasteiger partial charge on any atom is -0.462 e. The minimum atomic E-state index is -0.354. The predicted octanol–water partition coefficient (Wildman–Crippen LogP) is 1.69. The molecule has 1 aromatic rings. The van der Waals surface area contributed by atoms with Crippen molar-refractivity contribution in [1.82, 2.24) is 4.90 Å². The van der Waals surface area contributed by atoms with Crippen LogP contribution < -0.4 is 0 Å². The van der Waals surface area contributed by atoms with Crippen LogP contribution in [0.25, 0.3) is 0 Å². The maximum atomic E-state index is 12.0. The standard InChI is InChI=1S/C16H21NO3/c1-17-12-7-8-14(17)13(15(18)9-12)10-20-16(19)11-5-3-2-4-6-11/h2-6,12-15,18H,7-10H2,1H3/t12?,13-,14?,15+/m1/s1. The maximum absolute atomic E-state index is 12.0. The number of carbonyl (C=O) groups excluding carboxylic acids is 1. The van der Waals surface area contributed by atoms with Gasteiger partial charge < -0.3 is 9.84 Å². The van der Waals surface area contributed by atoms with Crippen LogP contribution in [0, 0.1) is 5.92 Å². The summed E-state index contributed by atoms with van der Waals surface area (Å²) < 4.78 is 5.41. The number of esters is 1. The van der Waals surface area contributed by atoms with Gasteiger partial charge in [-0.1, -0.05) is 18.2 Å². The summed E-state index contributed by atoms with van der Waals surface area (Å²) in [6.45, 7) is 0.302. The molecule has 1 aromatic carbocycles. The third kappa shape index (κ3) is 2.45. The van der Waals surface area contributed by atoms with Gasteiger partial charge in [0.1, 0.15) is 0 Å². The average molecular weight is 275 g/mol. The third-order valence-corrected chi connectivity index (χ3v) is 4.81. The zero-order chi connectivity index (χ0) is 14.1. The van der Waals surface area contributed by atoms with Gasteiger partial charge in [-0.15, -0.1) is 0 Å². The molecule has 2 unspecified atom stereocenters. The summed E-state index contributed by atoms with van der Waals surface area (Å²) in [5.74, 6) is -0.271. The zero-order valence-corrected chi connectivity index (χ0v) is 11.7. The molecular weight excluding hydrogens is 254 g/mol.